The molecule has 9 atom stereocenters. The number of nitrogens with zero attached hydrogens (tertiary/aromatic N) is 1. The highest BCUT2D eigenvalue weighted by Crippen LogP contribution is 2.49. The van der Waals surface area contributed by atoms with Gasteiger partial charge >= 0.3 is 12.4 Å². The lowest BCUT2D eigenvalue weighted by Crippen LogP contribution is -2.64. The molecular formula is C23H36F6N4O2. The number of ether oxygens (including phenoxy) is 1. The first-order chi connectivity index (χ1) is 16.5. The number of hydrazine groups is 1. The van der Waals surface area contributed by atoms with E-state index in [0.717, 1.165) is 38.5 Å². The summed E-state index contributed by atoms with van der Waals surface area (Å²) in [6.07, 6.45) is -7.19. The van der Waals surface area contributed by atoms with Gasteiger partial charge < -0.3 is 9.84 Å². The van der Waals surface area contributed by atoms with Crippen LogP contribution < -0.4 is 16.2 Å². The van der Waals surface area contributed by atoms with Gasteiger partial charge in [-0.25, -0.2) is 10.9 Å². The molecule has 202 valence electrons. The molecule has 12 heteroatoms. The summed E-state index contributed by atoms with van der Waals surface area (Å²) in [6, 6.07) is -0.602. The Morgan fingerprint density at radius 1 is 0.857 bits per heavy atom. The van der Waals surface area contributed by atoms with Crippen LogP contribution in [0.2, 0.25) is 0 Å². The molecule has 35 heavy (non-hydrogen) atoms. The van der Waals surface area contributed by atoms with Crippen molar-refractivity contribution in [3.8, 4) is 0 Å². The third-order valence-corrected chi connectivity index (χ3v) is 9.17. The van der Waals surface area contributed by atoms with Gasteiger partial charge in [0.1, 0.15) is 6.23 Å². The first kappa shape index (κ1) is 26.0. The Morgan fingerprint density at radius 3 is 2.29 bits per heavy atom. The lowest BCUT2D eigenvalue weighted by atomic mass is 9.70. The van der Waals surface area contributed by atoms with Crippen molar-refractivity contribution < 1.29 is 36.2 Å². The molecule has 0 amide bonds. The third kappa shape index (κ3) is 4.83. The van der Waals surface area contributed by atoms with Crippen molar-refractivity contribution in [1.82, 2.24) is 21.1 Å². The van der Waals surface area contributed by atoms with Crippen molar-refractivity contribution in [2.75, 3.05) is 6.54 Å². The molecule has 1 aliphatic carbocycles. The van der Waals surface area contributed by atoms with Gasteiger partial charge in [-0.3, -0.25) is 10.2 Å². The van der Waals surface area contributed by atoms with Crippen LogP contribution in [0.5, 0.6) is 0 Å². The van der Waals surface area contributed by atoms with E-state index in [9.17, 15) is 31.4 Å². The van der Waals surface area contributed by atoms with E-state index in [1.165, 1.54) is 0 Å². The molecule has 0 aromatic carbocycles. The van der Waals surface area contributed by atoms with Gasteiger partial charge in [-0.2, -0.15) is 26.3 Å². The highest BCUT2D eigenvalue weighted by molar-refractivity contribution is 5.04. The van der Waals surface area contributed by atoms with Crippen molar-refractivity contribution in [3.05, 3.63) is 0 Å². The predicted octanol–water partition coefficient (Wildman–Crippen LogP) is 3.77. The Hall–Kier alpha value is -0.660. The normalized spacial score (nSPS) is 46.0. The Kier molecular flexibility index (Phi) is 7.11. The summed E-state index contributed by atoms with van der Waals surface area (Å²) in [6.45, 7) is 0.570. The van der Waals surface area contributed by atoms with E-state index < -0.39 is 54.5 Å². The van der Waals surface area contributed by atoms with E-state index in [1.807, 2.05) is 4.90 Å². The van der Waals surface area contributed by atoms with E-state index in [2.05, 4.69) is 16.2 Å². The molecule has 4 N–H and O–H groups in total. The minimum absolute atomic E-state index is 0.0241. The zero-order valence-corrected chi connectivity index (χ0v) is 19.7. The van der Waals surface area contributed by atoms with E-state index in [4.69, 9.17) is 4.74 Å². The highest BCUT2D eigenvalue weighted by atomic mass is 19.4. The van der Waals surface area contributed by atoms with Crippen molar-refractivity contribution >= 4 is 0 Å². The number of fused-ring (bicyclic) bond motifs is 9. The number of hydrogen-bond donors (Lipinski definition) is 4. The monoisotopic (exact) mass is 514 g/mol. The molecule has 1 saturated carbocycles. The standard InChI is InChI=1S/C23H36F6N4O2/c24-22(25,26)16-9-10-17-19-31-32-20(35-19)21(34,23(27,28)29)14-6-1-4-13(12-14)5-2-7-15-8-3-11-33(15)18(16)30-17/h13-20,30-32,34H,1-12H2/t13?,14?,15-,16?,17?,18?,19?,20?,21?/m1/s1. The van der Waals surface area contributed by atoms with Gasteiger partial charge in [-0.15, -0.1) is 0 Å². The first-order valence-corrected chi connectivity index (χ1v) is 13.0. The van der Waals surface area contributed by atoms with Crippen LogP contribution in [0, 0.1) is 17.8 Å². The van der Waals surface area contributed by atoms with Crippen LogP contribution in [0.15, 0.2) is 0 Å². The van der Waals surface area contributed by atoms with Crippen molar-refractivity contribution in [2.45, 2.75) is 119 Å². The number of piperidine rings is 1. The summed E-state index contributed by atoms with van der Waals surface area (Å²) < 4.78 is 90.8. The van der Waals surface area contributed by atoms with Crippen LogP contribution in [0.25, 0.3) is 0 Å². The maximum Gasteiger partial charge on any atom is 0.421 e. The van der Waals surface area contributed by atoms with Crippen LogP contribution in [-0.2, 0) is 4.74 Å². The van der Waals surface area contributed by atoms with Crippen LogP contribution in [-0.4, -0.2) is 65.2 Å². The predicted molar refractivity (Wildman–Crippen MR) is 114 cm³/mol. The van der Waals surface area contributed by atoms with Gasteiger partial charge in [0.2, 0.25) is 5.60 Å². The molecule has 6 bridgehead atoms. The van der Waals surface area contributed by atoms with E-state index in [-0.39, 0.29) is 37.6 Å². The Morgan fingerprint density at radius 2 is 1.57 bits per heavy atom. The number of aliphatic hydroxyl groups is 1. The lowest BCUT2D eigenvalue weighted by molar-refractivity contribution is -0.320. The fourth-order valence-corrected chi connectivity index (χ4v) is 7.35. The Labute approximate surface area is 201 Å². The summed E-state index contributed by atoms with van der Waals surface area (Å²) in [7, 11) is 0. The molecule has 0 aromatic rings. The Bertz CT molecular complexity index is 755. The maximum absolute atomic E-state index is 14.4. The van der Waals surface area contributed by atoms with Crippen molar-refractivity contribution in [3.63, 3.8) is 0 Å². The molecule has 0 spiro atoms. The molecule has 0 radical (unpaired) electrons. The third-order valence-electron chi connectivity index (χ3n) is 9.17. The zero-order chi connectivity index (χ0) is 25.0. The fraction of sp³-hybridized carbons (Fsp3) is 1.00. The fourth-order valence-electron chi connectivity index (χ4n) is 7.35. The summed E-state index contributed by atoms with van der Waals surface area (Å²) in [5.74, 6) is -2.51. The second-order valence-electron chi connectivity index (χ2n) is 11.2. The number of halogens is 6. The van der Waals surface area contributed by atoms with Gasteiger partial charge in [0, 0.05) is 18.0 Å². The first-order valence-electron chi connectivity index (χ1n) is 13.0. The van der Waals surface area contributed by atoms with E-state index in [0.29, 0.717) is 13.0 Å². The quantitative estimate of drug-likeness (QED) is 0.369. The van der Waals surface area contributed by atoms with Crippen molar-refractivity contribution in [1.29, 1.82) is 0 Å². The summed E-state index contributed by atoms with van der Waals surface area (Å²) in [5.41, 5.74) is 2.14. The minimum Gasteiger partial charge on any atom is -0.377 e. The second kappa shape index (κ2) is 9.58. The molecule has 4 saturated heterocycles. The molecule has 5 rings (SSSR count). The average molecular weight is 515 g/mol. The van der Waals surface area contributed by atoms with E-state index >= 15 is 0 Å². The molecule has 0 aromatic heterocycles. The molecule has 4 heterocycles. The summed E-state index contributed by atoms with van der Waals surface area (Å²) >= 11 is 0. The van der Waals surface area contributed by atoms with Gasteiger partial charge in [0.25, 0.3) is 0 Å². The number of nitrogens with one attached hydrogen (secondary N) is 3. The molecule has 8 unspecified atom stereocenters. The highest BCUT2D eigenvalue weighted by Gasteiger charge is 2.66. The second-order valence-corrected chi connectivity index (χ2v) is 11.2. The van der Waals surface area contributed by atoms with Crippen LogP contribution in [0.1, 0.15) is 70.6 Å². The Balaban J connectivity index is 1.46. The van der Waals surface area contributed by atoms with Gasteiger partial charge in [-0.1, -0.05) is 25.7 Å². The number of rotatable bonds is 0. The average Bonchev–Trinajstić information content (AvgIpc) is 3.47. The maximum atomic E-state index is 14.4. The zero-order valence-electron chi connectivity index (χ0n) is 19.7. The molecule has 4 aliphatic heterocycles. The van der Waals surface area contributed by atoms with Crippen LogP contribution in [0.4, 0.5) is 26.3 Å². The summed E-state index contributed by atoms with van der Waals surface area (Å²) in [4.78, 5) is 1.94. The topological polar surface area (TPSA) is 68.8 Å². The van der Waals surface area contributed by atoms with Crippen molar-refractivity contribution in [2.24, 2.45) is 17.8 Å². The van der Waals surface area contributed by atoms with E-state index in [1.54, 1.807) is 0 Å². The molecule has 5 aliphatic rings. The molecule has 5 fully saturated rings. The largest absolute Gasteiger partial charge is 0.421 e. The van der Waals surface area contributed by atoms with Gasteiger partial charge in [-0.05, 0) is 57.4 Å². The molecule has 6 nitrogen and oxygen atoms in total. The smallest absolute Gasteiger partial charge is 0.377 e. The summed E-state index contributed by atoms with van der Waals surface area (Å²) in [5, 5.41) is 14.3. The molecular weight excluding hydrogens is 478 g/mol. The van der Waals surface area contributed by atoms with Crippen LogP contribution in [0.3, 0.4) is 0 Å². The van der Waals surface area contributed by atoms with Gasteiger partial charge in [0.15, 0.2) is 6.23 Å². The van der Waals surface area contributed by atoms with Gasteiger partial charge in [0.05, 0.1) is 12.1 Å². The van der Waals surface area contributed by atoms with Crippen LogP contribution >= 0.6 is 0 Å². The lowest BCUT2D eigenvalue weighted by Gasteiger charge is -2.46. The SMILES string of the molecule is OC1(C(F)(F)F)C2CCCC(CCC[C@@H]3CCCN3C3NC(CCC3C(F)(F)F)C3NNC1O3)C2. The number of alkyl halides is 6. The minimum atomic E-state index is -4.92. The number of hydrogen-bond acceptors (Lipinski definition) is 6.